The maximum atomic E-state index is 13.0. The molecule has 0 aliphatic heterocycles. The lowest BCUT2D eigenvalue weighted by molar-refractivity contribution is -0.141. The molecule has 8 heteroatoms. The highest BCUT2D eigenvalue weighted by atomic mass is 32.1. The molecule has 0 saturated carbocycles. The van der Waals surface area contributed by atoms with E-state index in [0.29, 0.717) is 23.7 Å². The molecule has 0 spiro atoms. The Labute approximate surface area is 188 Å². The molecule has 0 amide bonds. The van der Waals surface area contributed by atoms with Crippen molar-refractivity contribution in [1.82, 2.24) is 13.9 Å². The number of aromatic nitrogens is 3. The molecule has 0 unspecified atom stereocenters. The Kier molecular flexibility index (Phi) is 5.97. The topological polar surface area (TPSA) is 105 Å². The molecule has 2 aromatic heterocycles. The number of unbranched alkanes of at least 4 members (excludes halogenated alkanes) is 1. The molecule has 32 heavy (non-hydrogen) atoms. The number of carboxylic acid groups (broad SMARTS) is 1. The highest BCUT2D eigenvalue weighted by Crippen LogP contribution is 2.29. The van der Waals surface area contributed by atoms with Gasteiger partial charge in [-0.2, -0.15) is 4.37 Å². The van der Waals surface area contributed by atoms with E-state index in [9.17, 15) is 19.5 Å². The summed E-state index contributed by atoms with van der Waals surface area (Å²) in [5.41, 5.74) is 3.40. The van der Waals surface area contributed by atoms with Gasteiger partial charge in [-0.05, 0) is 66.7 Å². The second-order valence-electron chi connectivity index (χ2n) is 8.24. The van der Waals surface area contributed by atoms with Crippen molar-refractivity contribution >= 4 is 39.3 Å². The Balaban J connectivity index is 1.75. The van der Waals surface area contributed by atoms with Crippen LogP contribution >= 0.6 is 11.5 Å². The molecule has 0 saturated heterocycles. The van der Waals surface area contributed by atoms with E-state index in [1.165, 1.54) is 22.7 Å². The minimum absolute atomic E-state index is 0.232. The zero-order valence-corrected chi connectivity index (χ0v) is 19.1. The van der Waals surface area contributed by atoms with Gasteiger partial charge >= 0.3 is 11.7 Å². The van der Waals surface area contributed by atoms with E-state index in [4.69, 9.17) is 0 Å². The van der Waals surface area contributed by atoms with Crippen molar-refractivity contribution in [1.29, 1.82) is 0 Å². The number of nitrogens with one attached hydrogen (secondary N) is 1. The average molecular weight is 452 g/mol. The molecule has 2 aromatic carbocycles. The van der Waals surface area contributed by atoms with E-state index >= 15 is 0 Å². The molecule has 0 aliphatic carbocycles. The van der Waals surface area contributed by atoms with Gasteiger partial charge in [-0.25, -0.2) is 14.2 Å². The van der Waals surface area contributed by atoms with Crippen molar-refractivity contribution in [3.63, 3.8) is 0 Å². The van der Waals surface area contributed by atoms with Crippen molar-refractivity contribution in [2.75, 3.05) is 0 Å². The molecule has 166 valence electrons. The van der Waals surface area contributed by atoms with E-state index in [-0.39, 0.29) is 6.42 Å². The molecule has 0 bridgehead atoms. The molecular formula is C24H25N3O4S. The summed E-state index contributed by atoms with van der Waals surface area (Å²) in [4.78, 5) is 41.2. The van der Waals surface area contributed by atoms with Gasteiger partial charge in [0.15, 0.2) is 0 Å². The first-order valence-corrected chi connectivity index (χ1v) is 11.4. The quantitative estimate of drug-likeness (QED) is 0.435. The Morgan fingerprint density at radius 1 is 1.22 bits per heavy atom. The summed E-state index contributed by atoms with van der Waals surface area (Å²) in [5.74, 6) is -1.18. The summed E-state index contributed by atoms with van der Waals surface area (Å²) in [7, 11) is 0. The fourth-order valence-corrected chi connectivity index (χ4v) is 5.21. The number of carboxylic acids is 1. The number of nitrogens with zero attached hydrogens (tertiary/aromatic N) is 2. The Hall–Kier alpha value is -3.26. The number of rotatable bonds is 7. The van der Waals surface area contributed by atoms with E-state index in [1.54, 1.807) is 12.1 Å². The van der Waals surface area contributed by atoms with Crippen LogP contribution in [-0.4, -0.2) is 25.0 Å². The van der Waals surface area contributed by atoms with Crippen LogP contribution in [0.3, 0.4) is 0 Å². The van der Waals surface area contributed by atoms with Crippen molar-refractivity contribution in [2.24, 2.45) is 0 Å². The number of aryl methyl sites for hydroxylation is 2. The fraction of sp³-hybridized carbons (Fsp3) is 0.333. The summed E-state index contributed by atoms with van der Waals surface area (Å²) >= 11 is 1.46. The standard InChI is InChI=1S/C24H25N3O4S/c1-4-5-6-19(23(29)30)27-22(28)16-8-7-15(11-17(16)25-24(27)31)12-20-21-14(3)9-13(2)10-18(21)26-32-20/h7-11,19H,4-6,12H2,1-3H3,(H,25,31)(H,29,30)/t19-/m0/s1. The van der Waals surface area contributed by atoms with Crippen molar-refractivity contribution in [2.45, 2.75) is 52.5 Å². The van der Waals surface area contributed by atoms with Gasteiger partial charge in [-0.1, -0.05) is 31.9 Å². The number of aromatic amines is 1. The van der Waals surface area contributed by atoms with Gasteiger partial charge in [-0.3, -0.25) is 4.79 Å². The van der Waals surface area contributed by atoms with Crippen LogP contribution in [0, 0.1) is 13.8 Å². The smallest absolute Gasteiger partial charge is 0.329 e. The monoisotopic (exact) mass is 451 g/mol. The number of aliphatic carboxylic acids is 1. The molecule has 0 radical (unpaired) electrons. The maximum absolute atomic E-state index is 13.0. The van der Waals surface area contributed by atoms with Gasteiger partial charge < -0.3 is 10.1 Å². The van der Waals surface area contributed by atoms with Crippen LogP contribution in [-0.2, 0) is 11.2 Å². The summed E-state index contributed by atoms with van der Waals surface area (Å²) in [6, 6.07) is 8.34. The van der Waals surface area contributed by atoms with Gasteiger partial charge in [0.25, 0.3) is 5.56 Å². The lowest BCUT2D eigenvalue weighted by Gasteiger charge is -2.15. The van der Waals surface area contributed by atoms with Crippen molar-refractivity contribution in [3.05, 3.63) is 72.7 Å². The van der Waals surface area contributed by atoms with Crippen LogP contribution in [0.4, 0.5) is 0 Å². The highest BCUT2D eigenvalue weighted by Gasteiger charge is 2.24. The second kappa shape index (κ2) is 8.70. The molecule has 2 N–H and O–H groups in total. The summed E-state index contributed by atoms with van der Waals surface area (Å²) in [6.07, 6.45) is 2.25. The highest BCUT2D eigenvalue weighted by molar-refractivity contribution is 7.07. The number of benzene rings is 2. The van der Waals surface area contributed by atoms with Crippen molar-refractivity contribution in [3.8, 4) is 0 Å². The number of fused-ring (bicyclic) bond motifs is 2. The largest absolute Gasteiger partial charge is 0.480 e. The van der Waals surface area contributed by atoms with E-state index < -0.39 is 23.3 Å². The van der Waals surface area contributed by atoms with Gasteiger partial charge in [0, 0.05) is 16.7 Å². The van der Waals surface area contributed by atoms with E-state index in [1.807, 2.05) is 13.0 Å². The molecule has 2 heterocycles. The first-order valence-electron chi connectivity index (χ1n) is 10.7. The van der Waals surface area contributed by atoms with Crippen LogP contribution in [0.15, 0.2) is 39.9 Å². The predicted octanol–water partition coefficient (Wildman–Crippen LogP) is 4.32. The summed E-state index contributed by atoms with van der Waals surface area (Å²) in [5, 5.41) is 11.0. The second-order valence-corrected chi connectivity index (χ2v) is 9.10. The lowest BCUT2D eigenvalue weighted by atomic mass is 10.0. The molecule has 4 aromatic rings. The molecular weight excluding hydrogens is 426 g/mol. The number of H-pyrrole nitrogens is 1. The first-order chi connectivity index (χ1) is 15.3. The van der Waals surface area contributed by atoms with Crippen LogP contribution in [0.25, 0.3) is 21.8 Å². The third-order valence-corrected chi connectivity index (χ3v) is 6.64. The zero-order valence-electron chi connectivity index (χ0n) is 18.3. The van der Waals surface area contributed by atoms with Gasteiger partial charge in [0.2, 0.25) is 0 Å². The molecule has 0 aliphatic rings. The Bertz CT molecular complexity index is 1450. The third-order valence-electron chi connectivity index (χ3n) is 5.78. The van der Waals surface area contributed by atoms with Crippen molar-refractivity contribution < 1.29 is 9.90 Å². The summed E-state index contributed by atoms with van der Waals surface area (Å²) < 4.78 is 5.41. The van der Waals surface area contributed by atoms with Gasteiger partial charge in [-0.15, -0.1) is 0 Å². The summed E-state index contributed by atoms with van der Waals surface area (Å²) in [6.45, 7) is 6.06. The van der Waals surface area contributed by atoms with Crippen LogP contribution in [0.2, 0.25) is 0 Å². The Morgan fingerprint density at radius 2 is 2.00 bits per heavy atom. The molecule has 4 rings (SSSR count). The zero-order chi connectivity index (χ0) is 23.0. The molecule has 0 fully saturated rings. The van der Waals surface area contributed by atoms with E-state index in [0.717, 1.165) is 32.3 Å². The maximum Gasteiger partial charge on any atom is 0.329 e. The third kappa shape index (κ3) is 3.98. The number of carbonyl (C=O) groups is 1. The first kappa shape index (κ1) is 22.0. The van der Waals surface area contributed by atoms with E-state index in [2.05, 4.69) is 35.3 Å². The van der Waals surface area contributed by atoms with Crippen LogP contribution < -0.4 is 11.2 Å². The van der Waals surface area contributed by atoms with Crippen LogP contribution in [0.5, 0.6) is 0 Å². The normalized spacial score (nSPS) is 12.5. The fourth-order valence-electron chi connectivity index (χ4n) is 4.27. The molecule has 1 atom stereocenters. The predicted molar refractivity (Wildman–Crippen MR) is 127 cm³/mol. The minimum Gasteiger partial charge on any atom is -0.480 e. The minimum atomic E-state index is -1.18. The number of hydrogen-bond donors (Lipinski definition) is 2. The Morgan fingerprint density at radius 3 is 2.72 bits per heavy atom. The van der Waals surface area contributed by atoms with Gasteiger partial charge in [0.05, 0.1) is 16.4 Å². The van der Waals surface area contributed by atoms with Gasteiger partial charge in [0.1, 0.15) is 6.04 Å². The number of hydrogen-bond acceptors (Lipinski definition) is 5. The van der Waals surface area contributed by atoms with Crippen LogP contribution in [0.1, 0.15) is 53.8 Å². The SMILES string of the molecule is CCCC[C@@H](C(=O)O)n1c(=O)[nH]c2cc(Cc3snc4cc(C)cc(C)c34)ccc2c1=O. The molecule has 7 nitrogen and oxygen atoms in total. The lowest BCUT2D eigenvalue weighted by Crippen LogP contribution is -2.41. The average Bonchev–Trinajstić information content (AvgIpc) is 3.12.